The van der Waals surface area contributed by atoms with Crippen LogP contribution in [0.15, 0.2) is 18.2 Å². The third-order valence-electron chi connectivity index (χ3n) is 5.12. The summed E-state index contributed by atoms with van der Waals surface area (Å²) in [5.74, 6) is -1.40. The topological polar surface area (TPSA) is 95.5 Å². The molecule has 2 amide bonds. The van der Waals surface area contributed by atoms with E-state index in [1.165, 1.54) is 0 Å². The minimum absolute atomic E-state index is 0.0346. The fraction of sp³-hybridized carbons (Fsp3) is 0.550. The zero-order chi connectivity index (χ0) is 19.2. The number of carbonyl (C=O) groups excluding carboxylic acids is 2. The van der Waals surface area contributed by atoms with E-state index >= 15 is 0 Å². The normalized spacial score (nSPS) is 16.4. The number of carboxylic acid groups (broad SMARTS) is 1. The van der Waals surface area contributed by atoms with E-state index < -0.39 is 11.4 Å². The fourth-order valence-electron chi connectivity index (χ4n) is 3.53. The lowest BCUT2D eigenvalue weighted by Crippen LogP contribution is -2.35. The molecule has 1 aliphatic carbocycles. The first-order valence-corrected chi connectivity index (χ1v) is 9.30. The summed E-state index contributed by atoms with van der Waals surface area (Å²) in [6.45, 7) is 4.21. The molecule has 26 heavy (non-hydrogen) atoms. The summed E-state index contributed by atoms with van der Waals surface area (Å²) >= 11 is 0. The predicted molar refractivity (Wildman–Crippen MR) is 100 cm³/mol. The van der Waals surface area contributed by atoms with Gasteiger partial charge in [-0.3, -0.25) is 14.4 Å². The van der Waals surface area contributed by atoms with E-state index in [9.17, 15) is 19.5 Å². The molecule has 0 spiro atoms. The Morgan fingerprint density at radius 3 is 2.35 bits per heavy atom. The van der Waals surface area contributed by atoms with Gasteiger partial charge in [-0.2, -0.15) is 0 Å². The Balaban J connectivity index is 2.14. The van der Waals surface area contributed by atoms with Gasteiger partial charge in [0.25, 0.3) is 5.91 Å². The Hall–Kier alpha value is -2.37. The Labute approximate surface area is 154 Å². The molecule has 0 radical (unpaired) electrons. The molecule has 6 nitrogen and oxygen atoms in total. The van der Waals surface area contributed by atoms with E-state index in [-0.39, 0.29) is 18.2 Å². The maximum Gasteiger partial charge on any atom is 0.310 e. The highest BCUT2D eigenvalue weighted by molar-refractivity contribution is 5.98. The van der Waals surface area contributed by atoms with Gasteiger partial charge < -0.3 is 15.7 Å². The number of hydrogen-bond acceptors (Lipinski definition) is 3. The van der Waals surface area contributed by atoms with E-state index in [1.807, 2.05) is 13.8 Å². The molecule has 0 bridgehead atoms. The van der Waals surface area contributed by atoms with Gasteiger partial charge in [0, 0.05) is 24.2 Å². The quantitative estimate of drug-likeness (QED) is 0.677. The van der Waals surface area contributed by atoms with E-state index in [4.69, 9.17) is 0 Å². The Kier molecular flexibility index (Phi) is 6.77. The molecule has 2 rings (SSSR count). The van der Waals surface area contributed by atoms with Crippen molar-refractivity contribution in [3.05, 3.63) is 29.3 Å². The van der Waals surface area contributed by atoms with Crippen molar-refractivity contribution in [1.29, 1.82) is 0 Å². The largest absolute Gasteiger partial charge is 0.481 e. The summed E-state index contributed by atoms with van der Waals surface area (Å²) in [5, 5.41) is 15.3. The second-order valence-corrected chi connectivity index (χ2v) is 7.11. The van der Waals surface area contributed by atoms with Crippen molar-refractivity contribution in [1.82, 2.24) is 5.32 Å². The molecule has 0 heterocycles. The maximum absolute atomic E-state index is 12.6. The second kappa shape index (κ2) is 8.83. The van der Waals surface area contributed by atoms with Crippen molar-refractivity contribution in [2.75, 3.05) is 11.9 Å². The van der Waals surface area contributed by atoms with Gasteiger partial charge in [0.15, 0.2) is 0 Å². The molecule has 0 unspecified atom stereocenters. The van der Waals surface area contributed by atoms with Gasteiger partial charge in [-0.05, 0) is 44.4 Å². The number of amides is 2. The number of nitrogens with one attached hydrogen (secondary N) is 2. The van der Waals surface area contributed by atoms with Gasteiger partial charge in [-0.1, -0.05) is 31.7 Å². The molecule has 0 aromatic heterocycles. The van der Waals surface area contributed by atoms with Crippen LogP contribution in [0.1, 0.15) is 67.8 Å². The van der Waals surface area contributed by atoms with E-state index in [1.54, 1.807) is 18.2 Å². The highest BCUT2D eigenvalue weighted by atomic mass is 16.4. The van der Waals surface area contributed by atoms with Gasteiger partial charge in [0.05, 0.1) is 5.41 Å². The summed E-state index contributed by atoms with van der Waals surface area (Å²) in [6, 6.07) is 5.12. The van der Waals surface area contributed by atoms with Crippen LogP contribution in [-0.2, 0) is 9.59 Å². The van der Waals surface area contributed by atoms with Crippen LogP contribution in [0, 0.1) is 12.3 Å². The Morgan fingerprint density at radius 2 is 1.77 bits per heavy atom. The number of aryl methyl sites for hydroxylation is 1. The summed E-state index contributed by atoms with van der Waals surface area (Å²) in [4.78, 5) is 36.4. The number of rotatable bonds is 6. The lowest BCUT2D eigenvalue weighted by atomic mass is 9.77. The first kappa shape index (κ1) is 19.9. The Morgan fingerprint density at radius 1 is 1.12 bits per heavy atom. The van der Waals surface area contributed by atoms with Crippen molar-refractivity contribution in [2.45, 2.75) is 58.8 Å². The predicted octanol–water partition coefficient (Wildman–Crippen LogP) is 3.50. The van der Waals surface area contributed by atoms with Crippen LogP contribution in [0.3, 0.4) is 0 Å². The summed E-state index contributed by atoms with van der Waals surface area (Å²) in [7, 11) is 0. The molecular weight excluding hydrogens is 332 g/mol. The monoisotopic (exact) mass is 360 g/mol. The van der Waals surface area contributed by atoms with Crippen LogP contribution in [0.4, 0.5) is 5.69 Å². The van der Waals surface area contributed by atoms with E-state index in [0.717, 1.165) is 31.2 Å². The molecule has 0 aliphatic heterocycles. The number of carbonyl (C=O) groups is 3. The highest BCUT2D eigenvalue weighted by Crippen LogP contribution is 2.38. The number of hydrogen-bond donors (Lipinski definition) is 3. The first-order valence-electron chi connectivity index (χ1n) is 9.30. The minimum atomic E-state index is -0.980. The molecule has 1 fully saturated rings. The van der Waals surface area contributed by atoms with Crippen molar-refractivity contribution >= 4 is 23.5 Å². The lowest BCUT2D eigenvalue weighted by Gasteiger charge is -2.27. The van der Waals surface area contributed by atoms with Crippen molar-refractivity contribution in [3.8, 4) is 0 Å². The van der Waals surface area contributed by atoms with Gasteiger partial charge in [0.2, 0.25) is 5.91 Å². The average molecular weight is 360 g/mol. The SMILES string of the molecule is CCNC(=O)c1ccc(C)c(NC(=O)CC2(C(=O)O)CCCCCC2)c1. The van der Waals surface area contributed by atoms with Gasteiger partial charge in [-0.15, -0.1) is 0 Å². The molecular formula is C20H28N2O4. The molecule has 0 saturated heterocycles. The van der Waals surface area contributed by atoms with Crippen LogP contribution in [-0.4, -0.2) is 29.4 Å². The molecule has 1 aliphatic rings. The summed E-state index contributed by atoms with van der Waals surface area (Å²) < 4.78 is 0. The molecule has 0 atom stereocenters. The molecule has 3 N–H and O–H groups in total. The lowest BCUT2D eigenvalue weighted by molar-refractivity contribution is -0.152. The van der Waals surface area contributed by atoms with Gasteiger partial charge >= 0.3 is 5.97 Å². The Bertz CT molecular complexity index is 676. The van der Waals surface area contributed by atoms with Gasteiger partial charge in [0.1, 0.15) is 0 Å². The van der Waals surface area contributed by atoms with Crippen LogP contribution in [0.25, 0.3) is 0 Å². The third kappa shape index (κ3) is 4.84. The fourth-order valence-corrected chi connectivity index (χ4v) is 3.53. The maximum atomic E-state index is 12.6. The van der Waals surface area contributed by atoms with Gasteiger partial charge in [-0.25, -0.2) is 0 Å². The van der Waals surface area contributed by atoms with Crippen LogP contribution in [0.2, 0.25) is 0 Å². The smallest absolute Gasteiger partial charge is 0.310 e. The molecule has 1 aromatic rings. The number of anilines is 1. The summed E-state index contributed by atoms with van der Waals surface area (Å²) in [6.07, 6.45) is 4.75. The van der Waals surface area contributed by atoms with Crippen LogP contribution >= 0.6 is 0 Å². The zero-order valence-electron chi connectivity index (χ0n) is 15.6. The molecule has 6 heteroatoms. The van der Waals surface area contributed by atoms with Crippen LogP contribution in [0.5, 0.6) is 0 Å². The number of carboxylic acids is 1. The second-order valence-electron chi connectivity index (χ2n) is 7.11. The highest BCUT2D eigenvalue weighted by Gasteiger charge is 2.40. The average Bonchev–Trinajstić information content (AvgIpc) is 2.83. The third-order valence-corrected chi connectivity index (χ3v) is 5.12. The number of aliphatic carboxylic acids is 1. The molecule has 142 valence electrons. The summed E-state index contributed by atoms with van der Waals surface area (Å²) in [5.41, 5.74) is 0.866. The first-order chi connectivity index (χ1) is 12.4. The minimum Gasteiger partial charge on any atom is -0.481 e. The number of benzene rings is 1. The van der Waals surface area contributed by atoms with Crippen LogP contribution < -0.4 is 10.6 Å². The van der Waals surface area contributed by atoms with E-state index in [2.05, 4.69) is 10.6 Å². The standard InChI is InChI=1S/C20H28N2O4/c1-3-21-18(24)15-9-8-14(2)16(12-15)22-17(23)13-20(19(25)26)10-6-4-5-7-11-20/h8-9,12H,3-7,10-11,13H2,1-2H3,(H,21,24)(H,22,23)(H,25,26). The van der Waals surface area contributed by atoms with Crippen molar-refractivity contribution < 1.29 is 19.5 Å². The van der Waals surface area contributed by atoms with E-state index in [0.29, 0.717) is 30.6 Å². The van der Waals surface area contributed by atoms with Crippen molar-refractivity contribution in [2.24, 2.45) is 5.41 Å². The zero-order valence-corrected chi connectivity index (χ0v) is 15.6. The molecule has 1 saturated carbocycles. The van der Waals surface area contributed by atoms with Crippen molar-refractivity contribution in [3.63, 3.8) is 0 Å². The molecule has 1 aromatic carbocycles.